The van der Waals surface area contributed by atoms with E-state index in [2.05, 4.69) is 20.5 Å². The SMILES string of the molecule is COc1ccc(-n2ncc3c2CCC[C@H]3NC(=O)CCn2nc(C)nc2C)cc1. The highest BCUT2D eigenvalue weighted by Gasteiger charge is 2.26. The maximum atomic E-state index is 12.5. The van der Waals surface area contributed by atoms with Crippen LogP contribution in [0, 0.1) is 13.8 Å². The number of hydrogen-bond donors (Lipinski definition) is 1. The van der Waals surface area contributed by atoms with E-state index in [9.17, 15) is 4.79 Å². The zero-order chi connectivity index (χ0) is 20.4. The molecule has 152 valence electrons. The summed E-state index contributed by atoms with van der Waals surface area (Å²) in [6.45, 7) is 4.29. The Labute approximate surface area is 169 Å². The number of nitrogens with one attached hydrogen (secondary N) is 1. The van der Waals surface area contributed by atoms with Gasteiger partial charge >= 0.3 is 0 Å². The van der Waals surface area contributed by atoms with Crippen molar-refractivity contribution in [3.05, 3.63) is 53.4 Å². The molecule has 0 saturated carbocycles. The van der Waals surface area contributed by atoms with Crippen LogP contribution in [0.5, 0.6) is 5.75 Å². The smallest absolute Gasteiger partial charge is 0.222 e. The average molecular weight is 394 g/mol. The van der Waals surface area contributed by atoms with Crippen molar-refractivity contribution in [2.45, 2.75) is 52.1 Å². The van der Waals surface area contributed by atoms with Crippen LogP contribution in [0.15, 0.2) is 30.5 Å². The predicted molar refractivity (Wildman–Crippen MR) is 108 cm³/mol. The Bertz CT molecular complexity index is 1000. The molecule has 1 aromatic carbocycles. The van der Waals surface area contributed by atoms with Crippen molar-refractivity contribution in [3.63, 3.8) is 0 Å². The van der Waals surface area contributed by atoms with E-state index < -0.39 is 0 Å². The number of rotatable bonds is 6. The van der Waals surface area contributed by atoms with Crippen molar-refractivity contribution in [1.29, 1.82) is 0 Å². The average Bonchev–Trinajstić information content (AvgIpc) is 3.29. The number of benzene rings is 1. The van der Waals surface area contributed by atoms with Crippen LogP contribution in [0.2, 0.25) is 0 Å². The lowest BCUT2D eigenvalue weighted by Gasteiger charge is -2.24. The molecule has 1 atom stereocenters. The van der Waals surface area contributed by atoms with Crippen molar-refractivity contribution in [3.8, 4) is 11.4 Å². The normalized spacial score (nSPS) is 15.8. The molecule has 0 bridgehead atoms. The van der Waals surface area contributed by atoms with Gasteiger partial charge in [-0.3, -0.25) is 4.79 Å². The number of amides is 1. The molecule has 0 fully saturated rings. The minimum Gasteiger partial charge on any atom is -0.497 e. The quantitative estimate of drug-likeness (QED) is 0.695. The minimum atomic E-state index is -0.00294. The minimum absolute atomic E-state index is 0.00294. The van der Waals surface area contributed by atoms with Gasteiger partial charge in [0.15, 0.2) is 0 Å². The maximum absolute atomic E-state index is 12.5. The number of methoxy groups -OCH3 is 1. The molecule has 8 nitrogen and oxygen atoms in total. The van der Waals surface area contributed by atoms with Gasteiger partial charge < -0.3 is 10.1 Å². The first-order valence-electron chi connectivity index (χ1n) is 9.94. The maximum Gasteiger partial charge on any atom is 0.222 e. The Hall–Kier alpha value is -3.16. The van der Waals surface area contributed by atoms with E-state index in [1.807, 2.05) is 49.0 Å². The summed E-state index contributed by atoms with van der Waals surface area (Å²) >= 11 is 0. The molecule has 1 aliphatic carbocycles. The van der Waals surface area contributed by atoms with E-state index in [1.165, 1.54) is 0 Å². The summed E-state index contributed by atoms with van der Waals surface area (Å²) in [7, 11) is 1.66. The lowest BCUT2D eigenvalue weighted by atomic mass is 9.92. The summed E-state index contributed by atoms with van der Waals surface area (Å²) in [5.41, 5.74) is 3.26. The first-order valence-corrected chi connectivity index (χ1v) is 9.94. The van der Waals surface area contributed by atoms with Crippen LogP contribution in [-0.4, -0.2) is 37.6 Å². The molecule has 1 N–H and O–H groups in total. The van der Waals surface area contributed by atoms with Gasteiger partial charge in [0.05, 0.1) is 31.6 Å². The summed E-state index contributed by atoms with van der Waals surface area (Å²) in [5, 5.41) is 12.1. The van der Waals surface area contributed by atoms with Crippen LogP contribution in [0.3, 0.4) is 0 Å². The molecule has 8 heteroatoms. The van der Waals surface area contributed by atoms with E-state index >= 15 is 0 Å². The number of carbonyl (C=O) groups excluding carboxylic acids is 1. The van der Waals surface area contributed by atoms with Crippen molar-refractivity contribution in [1.82, 2.24) is 29.9 Å². The van der Waals surface area contributed by atoms with Gasteiger partial charge in [-0.1, -0.05) is 0 Å². The molecule has 29 heavy (non-hydrogen) atoms. The van der Waals surface area contributed by atoms with Crippen LogP contribution in [0.1, 0.15) is 48.2 Å². The van der Waals surface area contributed by atoms with Crippen molar-refractivity contribution < 1.29 is 9.53 Å². The first-order chi connectivity index (χ1) is 14.0. The van der Waals surface area contributed by atoms with Gasteiger partial charge in [0.1, 0.15) is 17.4 Å². The number of carbonyl (C=O) groups is 1. The molecule has 0 radical (unpaired) electrons. The molecule has 2 aromatic heterocycles. The highest BCUT2D eigenvalue weighted by atomic mass is 16.5. The zero-order valence-corrected chi connectivity index (χ0v) is 17.1. The van der Waals surface area contributed by atoms with E-state index in [0.29, 0.717) is 13.0 Å². The molecular weight excluding hydrogens is 368 g/mol. The highest BCUT2D eigenvalue weighted by Crippen LogP contribution is 2.31. The van der Waals surface area contributed by atoms with Crippen LogP contribution in [-0.2, 0) is 17.8 Å². The van der Waals surface area contributed by atoms with Crippen molar-refractivity contribution >= 4 is 5.91 Å². The summed E-state index contributed by atoms with van der Waals surface area (Å²) in [6.07, 6.45) is 5.15. The number of fused-ring (bicyclic) bond motifs is 1. The van der Waals surface area contributed by atoms with Crippen molar-refractivity contribution in [2.24, 2.45) is 0 Å². The topological polar surface area (TPSA) is 86.9 Å². The number of ether oxygens (including phenoxy) is 1. The lowest BCUT2D eigenvalue weighted by molar-refractivity contribution is -0.122. The summed E-state index contributed by atoms with van der Waals surface area (Å²) in [5.74, 6) is 2.40. The molecule has 4 rings (SSSR count). The van der Waals surface area contributed by atoms with E-state index in [-0.39, 0.29) is 11.9 Å². The molecule has 0 saturated heterocycles. The number of aryl methyl sites for hydroxylation is 3. The monoisotopic (exact) mass is 394 g/mol. The van der Waals surface area contributed by atoms with E-state index in [4.69, 9.17) is 4.74 Å². The van der Waals surface area contributed by atoms with Gasteiger partial charge in [0.25, 0.3) is 0 Å². The Morgan fingerprint density at radius 3 is 2.76 bits per heavy atom. The summed E-state index contributed by atoms with van der Waals surface area (Å²) in [4.78, 5) is 16.8. The Morgan fingerprint density at radius 2 is 2.07 bits per heavy atom. The number of aromatic nitrogens is 5. The van der Waals surface area contributed by atoms with Gasteiger partial charge in [-0.25, -0.2) is 14.3 Å². The van der Waals surface area contributed by atoms with Gasteiger partial charge in [-0.15, -0.1) is 0 Å². The summed E-state index contributed by atoms with van der Waals surface area (Å²) < 4.78 is 8.98. The van der Waals surface area contributed by atoms with Crippen LogP contribution in [0.4, 0.5) is 0 Å². The Morgan fingerprint density at radius 1 is 1.28 bits per heavy atom. The largest absolute Gasteiger partial charge is 0.497 e. The van der Waals surface area contributed by atoms with Crippen LogP contribution < -0.4 is 10.1 Å². The van der Waals surface area contributed by atoms with E-state index in [0.717, 1.165) is 53.6 Å². The Kier molecular flexibility index (Phi) is 5.33. The number of nitrogens with zero attached hydrogens (tertiary/aromatic N) is 5. The van der Waals surface area contributed by atoms with Crippen LogP contribution in [0.25, 0.3) is 5.69 Å². The highest BCUT2D eigenvalue weighted by molar-refractivity contribution is 5.76. The molecule has 0 spiro atoms. The third kappa shape index (κ3) is 4.01. The molecular formula is C21H26N6O2. The van der Waals surface area contributed by atoms with Gasteiger partial charge in [0.2, 0.25) is 5.91 Å². The molecule has 1 aliphatic rings. The van der Waals surface area contributed by atoms with Gasteiger partial charge in [0, 0.05) is 17.7 Å². The lowest BCUT2D eigenvalue weighted by Crippen LogP contribution is -2.31. The third-order valence-electron chi connectivity index (χ3n) is 5.35. The molecule has 0 aliphatic heterocycles. The fraction of sp³-hybridized carbons (Fsp3) is 0.429. The number of hydrogen-bond acceptors (Lipinski definition) is 5. The Balaban J connectivity index is 1.45. The standard InChI is InChI=1S/C21H26N6O2/c1-14-23-15(2)26(25-14)12-11-21(28)24-19-5-4-6-20-18(19)13-22-27(20)16-7-9-17(29-3)10-8-16/h7-10,13,19H,4-6,11-12H2,1-3H3,(H,24,28)/t19-/m1/s1. The van der Waals surface area contributed by atoms with Gasteiger partial charge in [-0.05, 0) is 57.4 Å². The van der Waals surface area contributed by atoms with Crippen LogP contribution >= 0.6 is 0 Å². The second kappa shape index (κ2) is 8.06. The fourth-order valence-electron chi connectivity index (χ4n) is 3.90. The molecule has 3 aromatic rings. The molecule has 2 heterocycles. The third-order valence-corrected chi connectivity index (χ3v) is 5.35. The fourth-order valence-corrected chi connectivity index (χ4v) is 3.90. The first kappa shape index (κ1) is 19.2. The summed E-state index contributed by atoms with van der Waals surface area (Å²) in [6, 6.07) is 7.85. The zero-order valence-electron chi connectivity index (χ0n) is 17.1. The van der Waals surface area contributed by atoms with Gasteiger partial charge in [-0.2, -0.15) is 10.2 Å². The predicted octanol–water partition coefficient (Wildman–Crippen LogP) is 2.67. The second-order valence-corrected chi connectivity index (χ2v) is 7.35. The molecule has 0 unspecified atom stereocenters. The second-order valence-electron chi connectivity index (χ2n) is 7.35. The van der Waals surface area contributed by atoms with E-state index in [1.54, 1.807) is 11.8 Å². The molecule has 1 amide bonds. The van der Waals surface area contributed by atoms with Crippen molar-refractivity contribution in [2.75, 3.05) is 7.11 Å².